The van der Waals surface area contributed by atoms with Crippen molar-refractivity contribution in [3.8, 4) is 0 Å². The lowest BCUT2D eigenvalue weighted by atomic mass is 10.0. The Labute approximate surface area is 160 Å². The van der Waals surface area contributed by atoms with Gasteiger partial charge in [-0.05, 0) is 31.7 Å². The van der Waals surface area contributed by atoms with Gasteiger partial charge in [-0.3, -0.25) is 4.79 Å². The van der Waals surface area contributed by atoms with Crippen molar-refractivity contribution in [2.45, 2.75) is 47.1 Å². The number of esters is 1. The van der Waals surface area contributed by atoms with Crippen molar-refractivity contribution < 1.29 is 24.5 Å². The Morgan fingerprint density at radius 1 is 1.35 bits per heavy atom. The lowest BCUT2D eigenvalue weighted by Crippen LogP contribution is -3.11. The highest BCUT2D eigenvalue weighted by molar-refractivity contribution is 7.17. The first-order valence-electron chi connectivity index (χ1n) is 9.72. The van der Waals surface area contributed by atoms with Crippen LogP contribution in [0, 0.1) is 5.92 Å². The molecule has 0 aliphatic carbocycles. The average molecular weight is 384 g/mol. The van der Waals surface area contributed by atoms with Crippen molar-refractivity contribution in [3.05, 3.63) is 16.0 Å². The second-order valence-electron chi connectivity index (χ2n) is 7.22. The Hall–Kier alpha value is -1.44. The van der Waals surface area contributed by atoms with Gasteiger partial charge in [0.15, 0.2) is 6.54 Å². The summed E-state index contributed by atoms with van der Waals surface area (Å²) in [6, 6.07) is 0. The Morgan fingerprint density at radius 2 is 2.12 bits per heavy atom. The largest absolute Gasteiger partial charge is 0.462 e. The van der Waals surface area contributed by atoms with Crippen LogP contribution in [0.4, 0.5) is 5.00 Å². The molecule has 6 nitrogen and oxygen atoms in total. The van der Waals surface area contributed by atoms with Gasteiger partial charge < -0.3 is 20.3 Å². The fourth-order valence-electron chi connectivity index (χ4n) is 3.21. The molecule has 0 radical (unpaired) electrons. The Morgan fingerprint density at radius 3 is 2.77 bits per heavy atom. The highest BCUT2D eigenvalue weighted by atomic mass is 32.1. The third-order valence-electron chi connectivity index (χ3n) is 4.74. The highest BCUT2D eigenvalue weighted by Crippen LogP contribution is 2.35. The predicted octanol–water partition coefficient (Wildman–Crippen LogP) is 0.434. The first-order valence-corrected chi connectivity index (χ1v) is 10.5. The first-order chi connectivity index (χ1) is 12.5. The molecule has 7 heteroatoms. The van der Waals surface area contributed by atoms with Crippen LogP contribution in [0.3, 0.4) is 0 Å². The van der Waals surface area contributed by atoms with Gasteiger partial charge in [-0.2, -0.15) is 0 Å². The summed E-state index contributed by atoms with van der Waals surface area (Å²) >= 11 is 1.54. The van der Waals surface area contributed by atoms with Crippen LogP contribution in [0.2, 0.25) is 0 Å². The number of hydrogen-bond acceptors (Lipinski definition) is 4. The molecule has 1 aliphatic rings. The molecule has 1 atom stereocenters. The minimum absolute atomic E-state index is 0.0578. The zero-order valence-corrected chi connectivity index (χ0v) is 17.3. The molecule has 146 valence electrons. The van der Waals surface area contributed by atoms with Gasteiger partial charge in [0.05, 0.1) is 36.7 Å². The van der Waals surface area contributed by atoms with Crippen LogP contribution >= 0.6 is 11.3 Å². The Kier molecular flexibility index (Phi) is 8.06. The second-order valence-corrected chi connectivity index (χ2v) is 8.33. The van der Waals surface area contributed by atoms with E-state index in [1.165, 1.54) is 9.78 Å². The molecule has 1 aromatic heterocycles. The molecular weight excluding hydrogens is 350 g/mol. The summed E-state index contributed by atoms with van der Waals surface area (Å²) in [5.41, 5.74) is 1.65. The standard InChI is InChI=1S/C19H31N3O3S/c1-5-22-10-8-14-15(12-22)26-18(17(14)19(24)25-6-2)21-16(23)11-20-9-7-13(3)4/h13,20H,5-12H2,1-4H3,(H,21,23)/p+2. The molecule has 0 saturated carbocycles. The molecule has 26 heavy (non-hydrogen) atoms. The van der Waals surface area contributed by atoms with E-state index in [9.17, 15) is 9.59 Å². The Bertz CT molecular complexity index is 628. The van der Waals surface area contributed by atoms with Crippen LogP contribution in [0.1, 0.15) is 54.9 Å². The van der Waals surface area contributed by atoms with Crippen LogP contribution < -0.4 is 15.5 Å². The van der Waals surface area contributed by atoms with Crippen molar-refractivity contribution in [3.63, 3.8) is 0 Å². The van der Waals surface area contributed by atoms with Crippen LogP contribution in [-0.2, 0) is 22.5 Å². The van der Waals surface area contributed by atoms with E-state index in [1.807, 2.05) is 12.2 Å². The molecule has 1 aromatic rings. The quantitative estimate of drug-likeness (QED) is 0.428. The van der Waals surface area contributed by atoms with E-state index in [2.05, 4.69) is 26.1 Å². The molecular formula is C19H33N3O3S+2. The van der Waals surface area contributed by atoms with Crippen molar-refractivity contribution in [2.75, 3.05) is 38.1 Å². The number of quaternary nitrogens is 2. The van der Waals surface area contributed by atoms with Crippen molar-refractivity contribution in [1.29, 1.82) is 0 Å². The van der Waals surface area contributed by atoms with E-state index < -0.39 is 0 Å². The summed E-state index contributed by atoms with van der Waals surface area (Å²) in [6.45, 7) is 13.0. The summed E-state index contributed by atoms with van der Waals surface area (Å²) in [4.78, 5) is 27.5. The molecule has 2 heterocycles. The third-order valence-corrected chi connectivity index (χ3v) is 5.89. The van der Waals surface area contributed by atoms with E-state index in [4.69, 9.17) is 4.74 Å². The van der Waals surface area contributed by atoms with Gasteiger partial charge in [-0.15, -0.1) is 11.3 Å². The number of fused-ring (bicyclic) bond motifs is 1. The fourth-order valence-corrected chi connectivity index (χ4v) is 4.53. The number of amides is 1. The average Bonchev–Trinajstić information content (AvgIpc) is 2.95. The van der Waals surface area contributed by atoms with E-state index in [-0.39, 0.29) is 11.9 Å². The van der Waals surface area contributed by atoms with Gasteiger partial charge in [0, 0.05) is 6.42 Å². The molecule has 1 aliphatic heterocycles. The number of thiophene rings is 1. The maximum Gasteiger partial charge on any atom is 0.341 e. The normalized spacial score (nSPS) is 16.4. The van der Waals surface area contributed by atoms with Gasteiger partial charge >= 0.3 is 5.97 Å². The monoisotopic (exact) mass is 383 g/mol. The lowest BCUT2D eigenvalue weighted by Gasteiger charge is -2.22. The smallest absolute Gasteiger partial charge is 0.341 e. The van der Waals surface area contributed by atoms with E-state index in [0.29, 0.717) is 29.6 Å². The van der Waals surface area contributed by atoms with Gasteiger partial charge in [-0.1, -0.05) is 13.8 Å². The molecule has 4 N–H and O–H groups in total. The zero-order chi connectivity index (χ0) is 19.1. The Balaban J connectivity index is 2.10. The van der Waals surface area contributed by atoms with Gasteiger partial charge in [0.1, 0.15) is 11.5 Å². The van der Waals surface area contributed by atoms with Crippen LogP contribution in [0.5, 0.6) is 0 Å². The second kappa shape index (κ2) is 10.0. The van der Waals surface area contributed by atoms with Gasteiger partial charge in [0.25, 0.3) is 5.91 Å². The predicted molar refractivity (Wildman–Crippen MR) is 104 cm³/mol. The minimum atomic E-state index is -0.316. The van der Waals surface area contributed by atoms with E-state index >= 15 is 0 Å². The van der Waals surface area contributed by atoms with E-state index in [0.717, 1.165) is 44.6 Å². The summed E-state index contributed by atoms with van der Waals surface area (Å²) in [5.74, 6) is 0.263. The molecule has 0 saturated heterocycles. The minimum Gasteiger partial charge on any atom is -0.462 e. The van der Waals surface area contributed by atoms with E-state index in [1.54, 1.807) is 11.3 Å². The number of rotatable bonds is 9. The summed E-state index contributed by atoms with van der Waals surface area (Å²) in [5, 5.41) is 5.65. The van der Waals surface area contributed by atoms with Gasteiger partial charge in [-0.25, -0.2) is 4.79 Å². The molecule has 0 aromatic carbocycles. The fraction of sp³-hybridized carbons (Fsp3) is 0.684. The molecule has 2 rings (SSSR count). The SMILES string of the molecule is CCOC(=O)c1c(NC(=O)C[NH2+]CCC(C)C)sc2c1CC[NH+](CC)C2. The van der Waals surface area contributed by atoms with Crippen LogP contribution in [0.25, 0.3) is 0 Å². The summed E-state index contributed by atoms with van der Waals surface area (Å²) in [6.07, 6.45) is 1.95. The third kappa shape index (κ3) is 5.53. The molecule has 0 fully saturated rings. The number of ether oxygens (including phenoxy) is 1. The number of carbonyl (C=O) groups is 2. The molecule has 1 amide bonds. The van der Waals surface area contributed by atoms with Crippen molar-refractivity contribution in [2.24, 2.45) is 5.92 Å². The van der Waals surface area contributed by atoms with Crippen molar-refractivity contribution >= 4 is 28.2 Å². The number of nitrogens with one attached hydrogen (secondary N) is 2. The molecule has 0 bridgehead atoms. The number of nitrogens with two attached hydrogens (primary N) is 1. The maximum absolute atomic E-state index is 12.5. The summed E-state index contributed by atoms with van der Waals surface area (Å²) in [7, 11) is 0. The van der Waals surface area contributed by atoms with Crippen LogP contribution in [-0.4, -0.2) is 44.7 Å². The topological polar surface area (TPSA) is 76.4 Å². The number of anilines is 1. The number of carbonyl (C=O) groups excluding carboxylic acids is 2. The highest BCUT2D eigenvalue weighted by Gasteiger charge is 2.30. The lowest BCUT2D eigenvalue weighted by molar-refractivity contribution is -0.913. The maximum atomic E-state index is 12.5. The number of hydrogen-bond donors (Lipinski definition) is 3. The molecule has 1 unspecified atom stereocenters. The van der Waals surface area contributed by atoms with Crippen LogP contribution in [0.15, 0.2) is 0 Å². The zero-order valence-electron chi connectivity index (χ0n) is 16.4. The first kappa shape index (κ1) is 20.9. The number of likely N-dealkylation sites (N-methyl/N-ethyl adjacent to an activating group) is 1. The van der Waals surface area contributed by atoms with Gasteiger partial charge in [0.2, 0.25) is 0 Å². The van der Waals surface area contributed by atoms with Crippen molar-refractivity contribution in [1.82, 2.24) is 0 Å². The summed E-state index contributed by atoms with van der Waals surface area (Å²) < 4.78 is 5.25. The molecule has 0 spiro atoms.